The normalized spacial score (nSPS) is 12.1. The van der Waals surface area contributed by atoms with Crippen LogP contribution in [0.1, 0.15) is 183 Å². The topological polar surface area (TPSA) is 15.4 Å². The van der Waals surface area contributed by atoms with E-state index in [1.165, 1.54) is 140 Å². The van der Waals surface area contributed by atoms with Crippen LogP contribution >= 0.6 is 0 Å². The first kappa shape index (κ1) is 39.0. The van der Waals surface area contributed by atoms with Gasteiger partial charge >= 0.3 is 0 Å². The van der Waals surface area contributed by atoms with E-state index < -0.39 is 0 Å². The van der Waals surface area contributed by atoms with Gasteiger partial charge < -0.3 is 0 Å². The van der Waals surface area contributed by atoms with Crippen molar-refractivity contribution in [2.45, 2.75) is 183 Å². The molecule has 0 aliphatic heterocycles. The highest BCUT2D eigenvalue weighted by atomic mass is 15.2. The molecule has 2 rings (SSSR count). The van der Waals surface area contributed by atoms with Gasteiger partial charge in [-0.3, -0.25) is 0 Å². The Kier molecular flexibility index (Phi) is 20.8. The van der Waals surface area contributed by atoms with Crippen molar-refractivity contribution in [2.75, 3.05) is 7.05 Å². The van der Waals surface area contributed by atoms with Crippen molar-refractivity contribution in [1.29, 1.82) is 0 Å². The van der Waals surface area contributed by atoms with E-state index in [9.17, 15) is 0 Å². The molecule has 0 amide bonds. The van der Waals surface area contributed by atoms with Gasteiger partial charge in [0.1, 0.15) is 5.69 Å². The van der Waals surface area contributed by atoms with Crippen molar-refractivity contribution in [3.05, 3.63) is 69.4 Å². The van der Waals surface area contributed by atoms with E-state index in [1.54, 1.807) is 33.4 Å². The van der Waals surface area contributed by atoms with Crippen LogP contribution in [-0.2, 0) is 38.5 Å². The van der Waals surface area contributed by atoms with Crippen LogP contribution in [-0.4, -0.2) is 11.7 Å². The summed E-state index contributed by atoms with van der Waals surface area (Å²) in [5, 5.41) is 5.12. The molecule has 2 heteroatoms. The van der Waals surface area contributed by atoms with Crippen molar-refractivity contribution in [3.8, 4) is 0 Å². The molecular formula is C43H71N2+. The van der Waals surface area contributed by atoms with Gasteiger partial charge in [-0.15, -0.1) is 0 Å². The summed E-state index contributed by atoms with van der Waals surface area (Å²) in [4.78, 5) is 0. The molecule has 2 aromatic carbocycles. The van der Waals surface area contributed by atoms with Crippen molar-refractivity contribution < 1.29 is 4.70 Å². The predicted molar refractivity (Wildman–Crippen MR) is 200 cm³/mol. The number of benzene rings is 2. The van der Waals surface area contributed by atoms with Crippen LogP contribution in [0.3, 0.4) is 0 Å². The van der Waals surface area contributed by atoms with Gasteiger partial charge in [0.2, 0.25) is 0 Å². The van der Waals surface area contributed by atoms with Gasteiger partial charge in [-0.05, 0) is 127 Å². The zero-order valence-electron chi connectivity index (χ0n) is 30.9. The lowest BCUT2D eigenvalue weighted by molar-refractivity contribution is -0.491. The van der Waals surface area contributed by atoms with Crippen molar-refractivity contribution >= 4 is 11.8 Å². The van der Waals surface area contributed by atoms with Crippen LogP contribution in [0.2, 0.25) is 0 Å². The molecule has 0 heterocycles. The first-order chi connectivity index (χ1) is 22.0. The highest BCUT2D eigenvalue weighted by Crippen LogP contribution is 2.29. The zero-order valence-corrected chi connectivity index (χ0v) is 30.9. The Labute approximate surface area is 280 Å². The van der Waals surface area contributed by atoms with Gasteiger partial charge in [0, 0.05) is 6.08 Å². The molecule has 0 N–H and O–H groups in total. The van der Waals surface area contributed by atoms with Crippen molar-refractivity contribution in [2.24, 2.45) is 5.11 Å². The van der Waals surface area contributed by atoms with E-state index in [4.69, 9.17) is 5.11 Å². The number of hydrogen-bond acceptors (Lipinski definition) is 1. The lowest BCUT2D eigenvalue weighted by Crippen LogP contribution is -2.03. The van der Waals surface area contributed by atoms with Gasteiger partial charge in [0.05, 0.1) is 0 Å². The average molecular weight is 616 g/mol. The number of hydrogen-bond donors (Lipinski definition) is 0. The molecule has 0 aromatic heterocycles. The highest BCUT2D eigenvalue weighted by Gasteiger charge is 2.13. The third-order valence-corrected chi connectivity index (χ3v) is 9.46. The third-order valence-electron chi connectivity index (χ3n) is 9.46. The summed E-state index contributed by atoms with van der Waals surface area (Å²) in [6.45, 7) is 13.9. The molecule has 2 nitrogen and oxygen atoms in total. The standard InChI is InChI=1S/C43H71N2/c1-8-14-19-21-22-23-28-38-33-36(32-37(25-16-10-3)42(38)13-6)30-31-45(7)44-41-34-39(26-17-11-4)43(29-24-20-15-9-2)40(35-41)27-18-12-5/h30-35H,8-29H2,1-7H3/q+1. The van der Waals surface area contributed by atoms with Crippen LogP contribution in [0.15, 0.2) is 35.6 Å². The second-order valence-corrected chi connectivity index (χ2v) is 13.5. The maximum Gasteiger partial charge on any atom is 0.196 e. The molecule has 0 saturated carbocycles. The molecule has 0 aliphatic carbocycles. The SMILES string of the molecule is CCCCCCCCc1cc(C=C[N+](C)=Nc2cc(CCCC)c(CCCCCC)c(CCCC)c2)cc(CCCC)c1CC. The average Bonchev–Trinajstić information content (AvgIpc) is 3.04. The Balaban J connectivity index is 2.36. The van der Waals surface area contributed by atoms with Gasteiger partial charge in [-0.2, -0.15) is 0 Å². The number of rotatable bonds is 25. The van der Waals surface area contributed by atoms with Gasteiger partial charge in [-0.25, -0.2) is 0 Å². The van der Waals surface area contributed by atoms with Crippen molar-refractivity contribution in [3.63, 3.8) is 0 Å². The monoisotopic (exact) mass is 616 g/mol. The molecule has 0 radical (unpaired) electrons. The minimum absolute atomic E-state index is 1.12. The van der Waals surface area contributed by atoms with Crippen molar-refractivity contribution in [1.82, 2.24) is 0 Å². The second kappa shape index (κ2) is 24.0. The predicted octanol–water partition coefficient (Wildman–Crippen LogP) is 13.7. The minimum Gasteiger partial charge on any atom is -0.0934 e. The zero-order chi connectivity index (χ0) is 32.7. The second-order valence-electron chi connectivity index (χ2n) is 13.5. The number of unbranched alkanes of at least 4 members (excludes halogenated alkanes) is 11. The lowest BCUT2D eigenvalue weighted by Gasteiger charge is -2.16. The van der Waals surface area contributed by atoms with Crippen LogP contribution in [0, 0.1) is 0 Å². The number of nitrogens with zero attached hydrogens (tertiary/aromatic N) is 2. The minimum atomic E-state index is 1.12. The molecular weight excluding hydrogens is 544 g/mol. The Hall–Kier alpha value is -2.22. The molecule has 0 spiro atoms. The molecule has 0 aliphatic rings. The van der Waals surface area contributed by atoms with Crippen LogP contribution < -0.4 is 0 Å². The van der Waals surface area contributed by atoms with E-state index in [2.05, 4.69) is 85.1 Å². The molecule has 0 atom stereocenters. The summed E-state index contributed by atoms with van der Waals surface area (Å²) < 4.78 is 2.04. The van der Waals surface area contributed by atoms with Crippen LogP contribution in [0.25, 0.3) is 6.08 Å². The lowest BCUT2D eigenvalue weighted by atomic mass is 9.90. The smallest absolute Gasteiger partial charge is 0.0934 e. The van der Waals surface area contributed by atoms with Gasteiger partial charge in [-0.1, -0.05) is 129 Å². The summed E-state index contributed by atoms with van der Waals surface area (Å²) in [6, 6.07) is 9.75. The fourth-order valence-corrected chi connectivity index (χ4v) is 6.76. The number of azo groups is 2. The molecule has 45 heavy (non-hydrogen) atoms. The number of aryl methyl sites for hydroxylation is 4. The Morgan fingerprint density at radius 2 is 0.911 bits per heavy atom. The van der Waals surface area contributed by atoms with E-state index in [0.29, 0.717) is 0 Å². The third kappa shape index (κ3) is 14.8. The van der Waals surface area contributed by atoms with Gasteiger partial charge in [0.25, 0.3) is 0 Å². The van der Waals surface area contributed by atoms with E-state index in [1.807, 2.05) is 4.70 Å². The Bertz CT molecular complexity index is 1110. The molecule has 2 aromatic rings. The highest BCUT2D eigenvalue weighted by molar-refractivity contribution is 5.54. The first-order valence-electron chi connectivity index (χ1n) is 19.4. The molecule has 0 unspecified atom stereocenters. The summed E-state index contributed by atoms with van der Waals surface area (Å²) in [5.74, 6) is 0. The summed E-state index contributed by atoms with van der Waals surface area (Å²) >= 11 is 0. The van der Waals surface area contributed by atoms with Crippen LogP contribution in [0.4, 0.5) is 5.69 Å². The van der Waals surface area contributed by atoms with E-state index in [-0.39, 0.29) is 0 Å². The summed E-state index contributed by atoms with van der Waals surface area (Å²) in [7, 11) is 2.10. The van der Waals surface area contributed by atoms with Crippen LogP contribution in [0.5, 0.6) is 0 Å². The maximum absolute atomic E-state index is 5.12. The Morgan fingerprint density at radius 3 is 1.42 bits per heavy atom. The fraction of sp³-hybridized carbons (Fsp3) is 0.674. The summed E-state index contributed by atoms with van der Waals surface area (Å²) in [5.41, 5.74) is 11.9. The molecule has 0 fully saturated rings. The Morgan fingerprint density at radius 1 is 0.489 bits per heavy atom. The van der Waals surface area contributed by atoms with E-state index >= 15 is 0 Å². The first-order valence-corrected chi connectivity index (χ1v) is 19.4. The molecule has 0 saturated heterocycles. The van der Waals surface area contributed by atoms with E-state index in [0.717, 1.165) is 12.1 Å². The maximum atomic E-state index is 5.12. The molecule has 252 valence electrons. The fourth-order valence-electron chi connectivity index (χ4n) is 6.76. The quantitative estimate of drug-likeness (QED) is 0.0600. The van der Waals surface area contributed by atoms with Gasteiger partial charge in [0.15, 0.2) is 13.2 Å². The summed E-state index contributed by atoms with van der Waals surface area (Å²) in [6.07, 6.45) is 32.5. The largest absolute Gasteiger partial charge is 0.196 e. The molecule has 0 bridgehead atoms.